The monoisotopic (exact) mass is 818 g/mol. The van der Waals surface area contributed by atoms with Gasteiger partial charge in [0.25, 0.3) is 0 Å². The number of piperidine rings is 1. The van der Waals surface area contributed by atoms with Gasteiger partial charge in [-0.1, -0.05) is 66.7 Å². The van der Waals surface area contributed by atoms with Gasteiger partial charge in [0.1, 0.15) is 17.6 Å². The van der Waals surface area contributed by atoms with Crippen LogP contribution >= 0.6 is 0 Å². The maximum absolute atomic E-state index is 15.1. The molecule has 2 aliphatic heterocycles. The number of pyridine rings is 1. The fraction of sp³-hybridized carbons (Fsp3) is 0.413. The van der Waals surface area contributed by atoms with Crippen molar-refractivity contribution < 1.29 is 37.1 Å². The van der Waals surface area contributed by atoms with Crippen molar-refractivity contribution in [3.63, 3.8) is 0 Å². The van der Waals surface area contributed by atoms with Gasteiger partial charge in [0.2, 0.25) is 27.7 Å². The van der Waals surface area contributed by atoms with E-state index in [4.69, 9.17) is 14.5 Å². The van der Waals surface area contributed by atoms with Gasteiger partial charge >= 0.3 is 0 Å². The Kier molecular flexibility index (Phi) is 11.3. The first-order valence-electron chi connectivity index (χ1n) is 20.5. The highest BCUT2D eigenvalue weighted by Crippen LogP contribution is 2.57. The van der Waals surface area contributed by atoms with Crippen LogP contribution in [0.15, 0.2) is 97.6 Å². The first-order valence-corrected chi connectivity index (χ1v) is 22.1. The molecule has 3 amide bonds. The molecule has 2 saturated carbocycles. The highest BCUT2D eigenvalue weighted by Gasteiger charge is 2.61. The van der Waals surface area contributed by atoms with Gasteiger partial charge in [-0.2, -0.15) is 0 Å². The minimum Gasteiger partial charge on any atom is -0.497 e. The number of amides is 3. The average molecular weight is 819 g/mol. The molecule has 308 valence electrons. The van der Waals surface area contributed by atoms with Crippen molar-refractivity contribution in [1.82, 2.24) is 19.5 Å². The zero-order chi connectivity index (χ0) is 41.3. The lowest BCUT2D eigenvalue weighted by molar-refractivity contribution is -0.142. The van der Waals surface area contributed by atoms with Gasteiger partial charge in [-0.05, 0) is 62.1 Å². The smallest absolute Gasteiger partial charge is 0.240 e. The van der Waals surface area contributed by atoms with Gasteiger partial charge < -0.3 is 19.3 Å². The van der Waals surface area contributed by atoms with Crippen LogP contribution in [0.1, 0.15) is 69.3 Å². The first kappa shape index (κ1) is 40.2. The number of ether oxygens (including phenoxy) is 2. The number of carbonyl (C=O) groups is 4. The second kappa shape index (κ2) is 16.6. The SMILES string of the molecule is C=CC1C[C@]1(CC(=O)[C@@H]1C[C@@H](Oc2cc(-c3ccccc3)nc3cc(OC)ccc23)CN1C(=O)[C@@H](CC(=O)N1CCCCC1)c1ccccc1)C(=O)NS(=O)(=O)C1CC1. The van der Waals surface area contributed by atoms with Crippen molar-refractivity contribution in [3.05, 3.63) is 103 Å². The lowest BCUT2D eigenvalue weighted by atomic mass is 9.90. The maximum Gasteiger partial charge on any atom is 0.240 e. The van der Waals surface area contributed by atoms with Crippen LogP contribution in [0.3, 0.4) is 0 Å². The summed E-state index contributed by atoms with van der Waals surface area (Å²) in [5.41, 5.74) is 1.53. The number of allylic oxidation sites excluding steroid dienone is 1. The molecule has 13 heteroatoms. The van der Waals surface area contributed by atoms with Crippen molar-refractivity contribution in [3.8, 4) is 22.8 Å². The van der Waals surface area contributed by atoms with Crippen LogP contribution in [0.25, 0.3) is 22.2 Å². The van der Waals surface area contributed by atoms with E-state index in [1.165, 1.54) is 4.90 Å². The molecule has 4 aliphatic rings. The molecule has 3 heterocycles. The van der Waals surface area contributed by atoms with E-state index < -0.39 is 50.6 Å². The van der Waals surface area contributed by atoms with Crippen LogP contribution in [-0.4, -0.2) is 90.8 Å². The fourth-order valence-corrected chi connectivity index (χ4v) is 10.1. The Morgan fingerprint density at radius 2 is 1.68 bits per heavy atom. The molecule has 59 heavy (non-hydrogen) atoms. The van der Waals surface area contributed by atoms with Gasteiger partial charge in [0, 0.05) is 55.4 Å². The lowest BCUT2D eigenvalue weighted by Crippen LogP contribution is -2.46. The topological polar surface area (TPSA) is 152 Å². The molecular weight excluding hydrogens is 769 g/mol. The number of nitrogens with zero attached hydrogens (tertiary/aromatic N) is 3. The Bertz CT molecular complexity index is 2360. The molecule has 2 aliphatic carbocycles. The maximum atomic E-state index is 15.1. The van der Waals surface area contributed by atoms with Crippen molar-refractivity contribution in [1.29, 1.82) is 0 Å². The molecule has 8 rings (SSSR count). The molecule has 2 saturated heterocycles. The number of ketones is 1. The number of sulfonamides is 1. The standard InChI is InChI=1S/C46H50N4O8S/c1-3-32-27-46(32,45(54)48-59(55,56)35-18-19-35)28-41(51)40-24-34(58-42-26-38(31-15-9-5-10-16-31)47-39-23-33(57-2)17-20-36(39)42)29-50(40)44(53)37(30-13-7-4-8-14-30)25-43(52)49-21-11-6-12-22-49/h3-5,7-10,13-17,20,23,26,32,34-35,37,40H,1,6,11-12,18-19,21-22,24-25,27-29H2,2H3,(H,48,54)/t32?,34-,37+,40+,46-/m1/s1. The number of benzene rings is 3. The molecule has 0 radical (unpaired) electrons. The average Bonchev–Trinajstić information content (AvgIpc) is 4.20. The van der Waals surface area contributed by atoms with Crippen molar-refractivity contribution >= 4 is 44.4 Å². The van der Waals surface area contributed by atoms with Crippen LogP contribution in [0.4, 0.5) is 0 Å². The van der Waals surface area contributed by atoms with Crippen LogP contribution < -0.4 is 14.2 Å². The van der Waals surface area contributed by atoms with E-state index in [9.17, 15) is 22.8 Å². The summed E-state index contributed by atoms with van der Waals surface area (Å²) in [5, 5.41) is 0.100. The van der Waals surface area contributed by atoms with E-state index in [1.807, 2.05) is 89.8 Å². The summed E-state index contributed by atoms with van der Waals surface area (Å²) in [7, 11) is -2.29. The van der Waals surface area contributed by atoms with E-state index in [0.29, 0.717) is 59.6 Å². The summed E-state index contributed by atoms with van der Waals surface area (Å²) in [6, 6.07) is 25.2. The summed E-state index contributed by atoms with van der Waals surface area (Å²) < 4.78 is 40.3. The molecule has 1 unspecified atom stereocenters. The zero-order valence-corrected chi connectivity index (χ0v) is 34.1. The molecular formula is C46H50N4O8S. The second-order valence-electron chi connectivity index (χ2n) is 16.4. The number of rotatable bonds is 15. The third-order valence-electron chi connectivity index (χ3n) is 12.4. The Morgan fingerprint density at radius 3 is 2.34 bits per heavy atom. The van der Waals surface area contributed by atoms with Gasteiger partial charge in [-0.3, -0.25) is 23.9 Å². The quantitative estimate of drug-likeness (QED) is 0.138. The molecule has 1 aromatic heterocycles. The Hall–Kier alpha value is -5.56. The summed E-state index contributed by atoms with van der Waals surface area (Å²) in [4.78, 5) is 65.6. The number of carbonyl (C=O) groups excluding carboxylic acids is 4. The van der Waals surface area contributed by atoms with E-state index in [1.54, 1.807) is 13.2 Å². The first-order chi connectivity index (χ1) is 28.5. The van der Waals surface area contributed by atoms with Gasteiger partial charge in [-0.25, -0.2) is 13.4 Å². The van der Waals surface area contributed by atoms with Crippen LogP contribution in [-0.2, 0) is 29.2 Å². The number of aromatic nitrogens is 1. The van der Waals surface area contributed by atoms with Crippen molar-refractivity contribution in [2.75, 3.05) is 26.7 Å². The second-order valence-corrected chi connectivity index (χ2v) is 18.3. The van der Waals surface area contributed by atoms with Gasteiger partial charge in [0.05, 0.1) is 47.5 Å². The summed E-state index contributed by atoms with van der Waals surface area (Å²) in [6.45, 7) is 5.18. The molecule has 4 aromatic rings. The minimum absolute atomic E-state index is 0.0390. The number of nitrogens with one attached hydrogen (secondary N) is 1. The lowest BCUT2D eigenvalue weighted by Gasteiger charge is -2.31. The number of Topliss-reactive ketones (excluding diaryl/α,β-unsaturated/α-hetero) is 1. The predicted molar refractivity (Wildman–Crippen MR) is 223 cm³/mol. The Morgan fingerprint density at radius 1 is 0.966 bits per heavy atom. The number of hydrogen-bond donors (Lipinski definition) is 1. The third-order valence-corrected chi connectivity index (χ3v) is 14.2. The molecule has 0 spiro atoms. The van der Waals surface area contributed by atoms with Crippen molar-refractivity contribution in [2.45, 2.75) is 81.1 Å². The molecule has 3 aromatic carbocycles. The van der Waals surface area contributed by atoms with E-state index in [-0.39, 0.29) is 49.8 Å². The molecule has 5 atom stereocenters. The number of fused-ring (bicyclic) bond motifs is 1. The largest absolute Gasteiger partial charge is 0.497 e. The molecule has 1 N–H and O–H groups in total. The summed E-state index contributed by atoms with van der Waals surface area (Å²) >= 11 is 0. The molecule has 12 nitrogen and oxygen atoms in total. The van der Waals surface area contributed by atoms with Crippen LogP contribution in [0.5, 0.6) is 11.5 Å². The minimum atomic E-state index is -3.87. The highest BCUT2D eigenvalue weighted by atomic mass is 32.2. The number of likely N-dealkylation sites (tertiary alicyclic amines) is 2. The summed E-state index contributed by atoms with van der Waals surface area (Å²) in [5.74, 6) is -1.74. The zero-order valence-electron chi connectivity index (χ0n) is 33.3. The number of methoxy groups -OCH3 is 1. The molecule has 4 fully saturated rings. The fourth-order valence-electron chi connectivity index (χ4n) is 8.76. The molecule has 0 bridgehead atoms. The summed E-state index contributed by atoms with van der Waals surface area (Å²) in [6.07, 6.45) is 4.79. The van der Waals surface area contributed by atoms with E-state index >= 15 is 4.79 Å². The predicted octanol–water partition coefficient (Wildman–Crippen LogP) is 6.21. The Balaban J connectivity index is 1.13. The van der Waals surface area contributed by atoms with Gasteiger partial charge in [-0.15, -0.1) is 6.58 Å². The van der Waals surface area contributed by atoms with Crippen LogP contribution in [0, 0.1) is 11.3 Å². The highest BCUT2D eigenvalue weighted by molar-refractivity contribution is 7.90. The normalized spacial score (nSPS) is 23.3. The Labute approximate surface area is 345 Å². The van der Waals surface area contributed by atoms with Crippen LogP contribution in [0.2, 0.25) is 0 Å². The van der Waals surface area contributed by atoms with E-state index in [0.717, 1.165) is 24.8 Å². The van der Waals surface area contributed by atoms with Gasteiger partial charge in [0.15, 0.2) is 5.78 Å². The van der Waals surface area contributed by atoms with E-state index in [2.05, 4.69) is 11.3 Å². The van der Waals surface area contributed by atoms with Crippen molar-refractivity contribution in [2.24, 2.45) is 11.3 Å². The third kappa shape index (κ3) is 8.48. The number of hydrogen-bond acceptors (Lipinski definition) is 9.